The monoisotopic (exact) mass is 376 g/mol. The summed E-state index contributed by atoms with van der Waals surface area (Å²) < 4.78 is 18.2. The maximum Gasteiger partial charge on any atom is 0.172 e. The summed E-state index contributed by atoms with van der Waals surface area (Å²) in [4.78, 5) is 9.03. The van der Waals surface area contributed by atoms with Gasteiger partial charge in [-0.3, -0.25) is 0 Å². The Morgan fingerprint density at radius 3 is 2.46 bits per heavy atom. The molecule has 0 atom stereocenters. The SMILES string of the molecule is COCc1nc(C[C@H]2CC[C@H](c3ccc(F)cc3)CC2)nc(SC)c1O. The zero-order chi connectivity index (χ0) is 18.5. The van der Waals surface area contributed by atoms with Crippen LogP contribution in [0.25, 0.3) is 0 Å². The number of hydrogen-bond donors (Lipinski definition) is 1. The van der Waals surface area contributed by atoms with Crippen molar-refractivity contribution in [2.24, 2.45) is 5.92 Å². The molecular weight excluding hydrogens is 351 g/mol. The lowest BCUT2D eigenvalue weighted by Gasteiger charge is -2.28. The van der Waals surface area contributed by atoms with E-state index >= 15 is 0 Å². The summed E-state index contributed by atoms with van der Waals surface area (Å²) in [5.41, 5.74) is 1.79. The van der Waals surface area contributed by atoms with Gasteiger partial charge in [-0.25, -0.2) is 14.4 Å². The van der Waals surface area contributed by atoms with Gasteiger partial charge in [0, 0.05) is 13.5 Å². The Kier molecular flexibility index (Phi) is 6.48. The van der Waals surface area contributed by atoms with Crippen LogP contribution >= 0.6 is 11.8 Å². The van der Waals surface area contributed by atoms with E-state index in [0.29, 0.717) is 22.6 Å². The molecule has 4 nitrogen and oxygen atoms in total. The number of aromatic nitrogens is 2. The number of ether oxygens (including phenoxy) is 1. The highest BCUT2D eigenvalue weighted by Crippen LogP contribution is 2.37. The third kappa shape index (κ3) is 4.54. The number of nitrogens with zero attached hydrogens (tertiary/aromatic N) is 2. The van der Waals surface area contributed by atoms with Gasteiger partial charge in [-0.05, 0) is 61.5 Å². The van der Waals surface area contributed by atoms with Crippen molar-refractivity contribution >= 4 is 11.8 Å². The van der Waals surface area contributed by atoms with Crippen LogP contribution < -0.4 is 0 Å². The van der Waals surface area contributed by atoms with E-state index in [1.54, 1.807) is 19.2 Å². The van der Waals surface area contributed by atoms with Gasteiger partial charge in [-0.15, -0.1) is 11.8 Å². The van der Waals surface area contributed by atoms with Gasteiger partial charge in [0.1, 0.15) is 22.4 Å². The Balaban J connectivity index is 1.64. The molecule has 1 fully saturated rings. The lowest BCUT2D eigenvalue weighted by Crippen LogP contribution is -2.17. The number of hydrogen-bond acceptors (Lipinski definition) is 5. The van der Waals surface area contributed by atoms with E-state index < -0.39 is 0 Å². The average Bonchev–Trinajstić information content (AvgIpc) is 2.66. The van der Waals surface area contributed by atoms with Crippen LogP contribution in [0, 0.1) is 11.7 Å². The molecular formula is C20H25FN2O2S. The van der Waals surface area contributed by atoms with Crippen molar-refractivity contribution in [3.63, 3.8) is 0 Å². The molecule has 0 aliphatic heterocycles. The number of benzene rings is 1. The molecule has 140 valence electrons. The van der Waals surface area contributed by atoms with Crippen molar-refractivity contribution in [1.29, 1.82) is 0 Å². The summed E-state index contributed by atoms with van der Waals surface area (Å²) in [6, 6.07) is 6.91. The van der Waals surface area contributed by atoms with Gasteiger partial charge < -0.3 is 9.84 Å². The summed E-state index contributed by atoms with van der Waals surface area (Å²) in [5.74, 6) is 1.79. The number of thioether (sulfide) groups is 1. The highest BCUT2D eigenvalue weighted by Gasteiger charge is 2.24. The van der Waals surface area contributed by atoms with E-state index in [0.717, 1.165) is 37.9 Å². The predicted molar refractivity (Wildman–Crippen MR) is 101 cm³/mol. The van der Waals surface area contributed by atoms with Crippen molar-refractivity contribution < 1.29 is 14.2 Å². The fraction of sp³-hybridized carbons (Fsp3) is 0.500. The van der Waals surface area contributed by atoms with Crippen LogP contribution in [0.2, 0.25) is 0 Å². The summed E-state index contributed by atoms with van der Waals surface area (Å²) in [7, 11) is 1.59. The van der Waals surface area contributed by atoms with Crippen LogP contribution in [0.3, 0.4) is 0 Å². The Bertz CT molecular complexity index is 731. The first-order chi connectivity index (χ1) is 12.6. The van der Waals surface area contributed by atoms with E-state index in [1.165, 1.54) is 17.3 Å². The lowest BCUT2D eigenvalue weighted by atomic mass is 9.77. The molecule has 1 N–H and O–H groups in total. The molecule has 1 heterocycles. The number of methoxy groups -OCH3 is 1. The smallest absolute Gasteiger partial charge is 0.172 e. The minimum atomic E-state index is -0.177. The highest BCUT2D eigenvalue weighted by molar-refractivity contribution is 7.98. The molecule has 6 heteroatoms. The van der Waals surface area contributed by atoms with Crippen molar-refractivity contribution in [3.05, 3.63) is 47.2 Å². The van der Waals surface area contributed by atoms with Crippen LogP contribution in [0.1, 0.15) is 48.7 Å². The lowest BCUT2D eigenvalue weighted by molar-refractivity contribution is 0.177. The Morgan fingerprint density at radius 1 is 1.15 bits per heavy atom. The summed E-state index contributed by atoms with van der Waals surface area (Å²) in [6.45, 7) is 0.284. The summed E-state index contributed by atoms with van der Waals surface area (Å²) in [5, 5.41) is 10.8. The van der Waals surface area contributed by atoms with Crippen molar-refractivity contribution in [1.82, 2.24) is 9.97 Å². The summed E-state index contributed by atoms with van der Waals surface area (Å²) in [6.07, 6.45) is 7.15. The molecule has 3 rings (SSSR count). The second-order valence-electron chi connectivity index (χ2n) is 6.85. The van der Waals surface area contributed by atoms with Crippen LogP contribution in [0.15, 0.2) is 29.3 Å². The molecule has 0 unspecified atom stereocenters. The second-order valence-corrected chi connectivity index (χ2v) is 7.65. The summed E-state index contributed by atoms with van der Waals surface area (Å²) >= 11 is 1.42. The fourth-order valence-corrected chi connectivity index (χ4v) is 4.20. The minimum absolute atomic E-state index is 0.128. The molecule has 0 bridgehead atoms. The Hall–Kier alpha value is -1.66. The predicted octanol–water partition coefficient (Wildman–Crippen LogP) is 4.71. The standard InChI is InChI=1S/C20H25FN2O2S/c1-25-12-17-19(24)20(26-2)23-18(22-17)11-13-3-5-14(6-4-13)15-7-9-16(21)10-8-15/h7-10,13-14,24H,3-6,11-12H2,1-2H3/t13-,14-. The molecule has 0 radical (unpaired) electrons. The van der Waals surface area contributed by atoms with Gasteiger partial charge in [-0.1, -0.05) is 12.1 Å². The molecule has 0 amide bonds. The molecule has 0 saturated heterocycles. The third-order valence-corrected chi connectivity index (χ3v) is 5.78. The number of aromatic hydroxyl groups is 1. The first-order valence-electron chi connectivity index (χ1n) is 8.97. The zero-order valence-corrected chi connectivity index (χ0v) is 16.1. The Morgan fingerprint density at radius 2 is 1.85 bits per heavy atom. The van der Waals surface area contributed by atoms with Crippen LogP contribution in [-0.4, -0.2) is 28.4 Å². The molecule has 1 saturated carbocycles. The van der Waals surface area contributed by atoms with Gasteiger partial charge in [0.15, 0.2) is 5.75 Å². The molecule has 2 aromatic rings. The fourth-order valence-electron chi connectivity index (χ4n) is 3.69. The van der Waals surface area contributed by atoms with E-state index in [1.807, 2.05) is 18.4 Å². The van der Waals surface area contributed by atoms with Gasteiger partial charge in [0.05, 0.1) is 6.61 Å². The van der Waals surface area contributed by atoms with E-state index in [2.05, 4.69) is 9.97 Å². The average molecular weight is 376 g/mol. The second kappa shape index (κ2) is 8.82. The van der Waals surface area contributed by atoms with Gasteiger partial charge >= 0.3 is 0 Å². The first kappa shape index (κ1) is 19.1. The maximum absolute atomic E-state index is 13.1. The van der Waals surface area contributed by atoms with Gasteiger partial charge in [0.25, 0.3) is 0 Å². The first-order valence-corrected chi connectivity index (χ1v) is 10.2. The molecule has 1 aromatic carbocycles. The van der Waals surface area contributed by atoms with Crippen LogP contribution in [0.5, 0.6) is 5.75 Å². The molecule has 1 aliphatic carbocycles. The van der Waals surface area contributed by atoms with E-state index in [-0.39, 0.29) is 18.2 Å². The third-order valence-electron chi connectivity index (χ3n) is 5.10. The number of rotatable bonds is 6. The van der Waals surface area contributed by atoms with Crippen molar-refractivity contribution in [3.8, 4) is 5.75 Å². The van der Waals surface area contributed by atoms with Crippen molar-refractivity contribution in [2.45, 2.75) is 49.7 Å². The topological polar surface area (TPSA) is 55.2 Å². The molecule has 26 heavy (non-hydrogen) atoms. The van der Waals surface area contributed by atoms with E-state index in [4.69, 9.17) is 4.74 Å². The quantitative estimate of drug-likeness (QED) is 0.585. The molecule has 1 aliphatic rings. The van der Waals surface area contributed by atoms with Gasteiger partial charge in [0.2, 0.25) is 0 Å². The van der Waals surface area contributed by atoms with Crippen LogP contribution in [-0.2, 0) is 17.8 Å². The number of halogens is 1. The van der Waals surface area contributed by atoms with Gasteiger partial charge in [-0.2, -0.15) is 0 Å². The molecule has 1 aromatic heterocycles. The Labute approximate surface area is 158 Å². The largest absolute Gasteiger partial charge is 0.504 e. The van der Waals surface area contributed by atoms with E-state index in [9.17, 15) is 9.50 Å². The minimum Gasteiger partial charge on any atom is -0.504 e. The zero-order valence-electron chi connectivity index (χ0n) is 15.2. The maximum atomic E-state index is 13.1. The molecule has 0 spiro atoms. The van der Waals surface area contributed by atoms with Crippen molar-refractivity contribution in [2.75, 3.05) is 13.4 Å². The normalized spacial score (nSPS) is 20.3. The van der Waals surface area contributed by atoms with Crippen LogP contribution in [0.4, 0.5) is 4.39 Å². The highest BCUT2D eigenvalue weighted by atomic mass is 32.2.